The van der Waals surface area contributed by atoms with Gasteiger partial charge in [0.25, 0.3) is 10.0 Å². The van der Waals surface area contributed by atoms with Crippen molar-refractivity contribution < 1.29 is 18.3 Å². The fourth-order valence-corrected chi connectivity index (χ4v) is 4.70. The van der Waals surface area contributed by atoms with Gasteiger partial charge in [-0.15, -0.1) is 11.3 Å². The Hall–Kier alpha value is -0.470. The van der Waals surface area contributed by atoms with E-state index in [1.54, 1.807) is 19.9 Å². The lowest BCUT2D eigenvalue weighted by molar-refractivity contribution is 0.135. The number of ether oxygens (including phenoxy) is 1. The molecule has 7 heteroatoms. The Morgan fingerprint density at radius 2 is 2.11 bits per heavy atom. The number of aliphatic hydroxyl groups excluding tert-OH is 1. The van der Waals surface area contributed by atoms with Crippen LogP contribution >= 0.6 is 11.3 Å². The van der Waals surface area contributed by atoms with Crippen LogP contribution in [0.3, 0.4) is 0 Å². The number of rotatable bonds is 8. The van der Waals surface area contributed by atoms with Crippen molar-refractivity contribution in [2.75, 3.05) is 26.3 Å². The fraction of sp³-hybridized carbons (Fsp3) is 0.667. The van der Waals surface area contributed by atoms with Gasteiger partial charge in [-0.1, -0.05) is 6.92 Å². The summed E-state index contributed by atoms with van der Waals surface area (Å²) in [7, 11) is -3.48. The van der Waals surface area contributed by atoms with Gasteiger partial charge in [0.05, 0.1) is 13.2 Å². The average Bonchev–Trinajstić information content (AvgIpc) is 2.76. The first-order chi connectivity index (χ1) is 8.97. The van der Waals surface area contributed by atoms with Crippen molar-refractivity contribution in [3.63, 3.8) is 0 Å². The highest BCUT2D eigenvalue weighted by atomic mass is 32.2. The molecule has 19 heavy (non-hydrogen) atoms. The summed E-state index contributed by atoms with van der Waals surface area (Å²) < 4.78 is 31.8. The number of likely N-dealkylation sites (N-methyl/N-ethyl adjacent to an activating group) is 1. The van der Waals surface area contributed by atoms with Gasteiger partial charge in [-0.2, -0.15) is 4.31 Å². The van der Waals surface area contributed by atoms with Gasteiger partial charge in [0.1, 0.15) is 4.21 Å². The molecule has 0 aliphatic carbocycles. The molecule has 0 radical (unpaired) electrons. The molecule has 0 atom stereocenters. The first-order valence-corrected chi connectivity index (χ1v) is 8.51. The topological polar surface area (TPSA) is 66.8 Å². The van der Waals surface area contributed by atoms with Gasteiger partial charge in [0, 0.05) is 24.6 Å². The lowest BCUT2D eigenvalue weighted by Gasteiger charge is -2.19. The molecule has 0 saturated heterocycles. The highest BCUT2D eigenvalue weighted by Crippen LogP contribution is 2.28. The number of thiophene rings is 1. The monoisotopic (exact) mass is 307 g/mol. The number of hydrogen-bond acceptors (Lipinski definition) is 5. The maximum absolute atomic E-state index is 12.4. The van der Waals surface area contributed by atoms with Crippen LogP contribution in [0.2, 0.25) is 0 Å². The predicted octanol–water partition coefficient (Wildman–Crippen LogP) is 1.60. The van der Waals surface area contributed by atoms with E-state index in [0.717, 1.165) is 16.9 Å². The van der Waals surface area contributed by atoms with E-state index in [1.165, 1.54) is 4.31 Å². The van der Waals surface area contributed by atoms with E-state index in [2.05, 4.69) is 0 Å². The zero-order valence-corrected chi connectivity index (χ0v) is 13.2. The second-order valence-electron chi connectivity index (χ2n) is 4.02. The summed E-state index contributed by atoms with van der Waals surface area (Å²) >= 11 is 1.13. The molecule has 0 spiro atoms. The highest BCUT2D eigenvalue weighted by molar-refractivity contribution is 7.91. The van der Waals surface area contributed by atoms with Crippen LogP contribution < -0.4 is 0 Å². The minimum Gasteiger partial charge on any atom is -0.391 e. The Morgan fingerprint density at radius 3 is 2.58 bits per heavy atom. The van der Waals surface area contributed by atoms with Gasteiger partial charge in [0.2, 0.25) is 0 Å². The molecule has 5 nitrogen and oxygen atoms in total. The number of hydrogen-bond donors (Lipinski definition) is 1. The van der Waals surface area contributed by atoms with Crippen LogP contribution in [0.25, 0.3) is 0 Å². The normalized spacial score (nSPS) is 12.3. The SMILES string of the molecule is CCOCCN(CC)S(=O)(=O)c1cc(C)c(CO)s1. The molecule has 1 heterocycles. The lowest BCUT2D eigenvalue weighted by atomic mass is 10.3. The minimum atomic E-state index is -3.48. The zero-order valence-electron chi connectivity index (χ0n) is 11.5. The summed E-state index contributed by atoms with van der Waals surface area (Å²) in [6.07, 6.45) is 0. The molecule has 0 fully saturated rings. The van der Waals surface area contributed by atoms with E-state index in [9.17, 15) is 8.42 Å². The second kappa shape index (κ2) is 7.35. The van der Waals surface area contributed by atoms with Crippen LogP contribution in [-0.2, 0) is 21.4 Å². The van der Waals surface area contributed by atoms with Crippen LogP contribution in [0.15, 0.2) is 10.3 Å². The van der Waals surface area contributed by atoms with Crippen molar-refractivity contribution in [2.24, 2.45) is 0 Å². The van der Waals surface area contributed by atoms with Crippen molar-refractivity contribution in [3.8, 4) is 0 Å². The fourth-order valence-electron chi connectivity index (χ4n) is 1.66. The summed E-state index contributed by atoms with van der Waals surface area (Å²) in [5.41, 5.74) is 0.812. The first kappa shape index (κ1) is 16.6. The lowest BCUT2D eigenvalue weighted by Crippen LogP contribution is -2.33. The van der Waals surface area contributed by atoms with E-state index >= 15 is 0 Å². The average molecular weight is 307 g/mol. The van der Waals surface area contributed by atoms with Crippen LogP contribution in [0.5, 0.6) is 0 Å². The molecule has 0 saturated carbocycles. The van der Waals surface area contributed by atoms with E-state index < -0.39 is 10.0 Å². The molecular weight excluding hydrogens is 286 g/mol. The first-order valence-electron chi connectivity index (χ1n) is 6.25. The number of aliphatic hydroxyl groups is 1. The summed E-state index contributed by atoms with van der Waals surface area (Å²) in [4.78, 5) is 0.694. The Morgan fingerprint density at radius 1 is 1.42 bits per heavy atom. The summed E-state index contributed by atoms with van der Waals surface area (Å²) in [5, 5.41) is 9.15. The van der Waals surface area contributed by atoms with Crippen molar-refractivity contribution >= 4 is 21.4 Å². The third-order valence-corrected chi connectivity index (χ3v) is 6.42. The standard InChI is InChI=1S/C12H21NO4S2/c1-4-13(6-7-17-5-2)19(15,16)12-8-10(3)11(9-14)18-12/h8,14H,4-7,9H2,1-3H3. The molecule has 1 rings (SSSR count). The highest BCUT2D eigenvalue weighted by Gasteiger charge is 2.25. The Kier molecular flexibility index (Phi) is 6.41. The van der Waals surface area contributed by atoms with Crippen molar-refractivity contribution in [1.82, 2.24) is 4.31 Å². The van der Waals surface area contributed by atoms with Gasteiger partial charge in [-0.25, -0.2) is 8.42 Å². The van der Waals surface area contributed by atoms with E-state index in [0.29, 0.717) is 31.2 Å². The summed E-state index contributed by atoms with van der Waals surface area (Å²) in [5.74, 6) is 0. The molecule has 110 valence electrons. The van der Waals surface area contributed by atoms with Crippen LogP contribution in [0.4, 0.5) is 0 Å². The molecule has 0 unspecified atom stereocenters. The summed E-state index contributed by atoms with van der Waals surface area (Å²) in [6.45, 7) is 7.07. The zero-order chi connectivity index (χ0) is 14.5. The van der Waals surface area contributed by atoms with Gasteiger partial charge >= 0.3 is 0 Å². The van der Waals surface area contributed by atoms with Crippen LogP contribution in [0.1, 0.15) is 24.3 Å². The third-order valence-electron chi connectivity index (χ3n) is 2.78. The largest absolute Gasteiger partial charge is 0.391 e. The summed E-state index contributed by atoms with van der Waals surface area (Å²) in [6, 6.07) is 1.62. The Labute approximate surface area is 118 Å². The van der Waals surface area contributed by atoms with Gasteiger partial charge in [0.15, 0.2) is 0 Å². The number of nitrogens with zero attached hydrogens (tertiary/aromatic N) is 1. The third kappa shape index (κ3) is 4.00. The minimum absolute atomic E-state index is 0.128. The Balaban J connectivity index is 2.92. The molecule has 0 amide bonds. The van der Waals surface area contributed by atoms with E-state index in [4.69, 9.17) is 9.84 Å². The molecular formula is C12H21NO4S2. The van der Waals surface area contributed by atoms with Gasteiger partial charge in [-0.3, -0.25) is 0 Å². The van der Waals surface area contributed by atoms with Crippen LogP contribution in [-0.4, -0.2) is 44.1 Å². The van der Waals surface area contributed by atoms with Crippen molar-refractivity contribution in [1.29, 1.82) is 0 Å². The Bertz CT molecular complexity index is 496. The van der Waals surface area contributed by atoms with Crippen molar-refractivity contribution in [2.45, 2.75) is 31.6 Å². The predicted molar refractivity (Wildman–Crippen MR) is 75.9 cm³/mol. The molecule has 0 aliphatic rings. The van der Waals surface area contributed by atoms with Crippen molar-refractivity contribution in [3.05, 3.63) is 16.5 Å². The number of sulfonamides is 1. The van der Waals surface area contributed by atoms with E-state index in [-0.39, 0.29) is 10.8 Å². The van der Waals surface area contributed by atoms with Gasteiger partial charge < -0.3 is 9.84 Å². The molecule has 0 aromatic carbocycles. The molecule has 0 bridgehead atoms. The van der Waals surface area contributed by atoms with Gasteiger partial charge in [-0.05, 0) is 25.5 Å². The molecule has 1 aromatic heterocycles. The molecule has 0 aliphatic heterocycles. The van der Waals surface area contributed by atoms with E-state index in [1.807, 2.05) is 6.92 Å². The molecule has 1 N–H and O–H groups in total. The van der Waals surface area contributed by atoms with Crippen LogP contribution in [0, 0.1) is 6.92 Å². The maximum atomic E-state index is 12.4. The molecule has 1 aromatic rings. The quantitative estimate of drug-likeness (QED) is 0.741. The number of aryl methyl sites for hydroxylation is 1. The maximum Gasteiger partial charge on any atom is 0.252 e. The second-order valence-corrected chi connectivity index (χ2v) is 7.32. The smallest absolute Gasteiger partial charge is 0.252 e.